The van der Waals surface area contributed by atoms with Gasteiger partial charge in [0.05, 0.1) is 18.0 Å². The second-order valence-electron chi connectivity index (χ2n) is 7.04. The number of ether oxygens (including phenoxy) is 1. The van der Waals surface area contributed by atoms with E-state index in [4.69, 9.17) is 4.74 Å². The Morgan fingerprint density at radius 3 is 2.17 bits per heavy atom. The number of aromatic nitrogens is 2. The maximum atomic E-state index is 5.82. The molecule has 0 aliphatic carbocycles. The largest absolute Gasteiger partial charge is 0.494 e. The molecule has 3 aromatic rings. The lowest BCUT2D eigenvalue weighted by atomic mass is 10.1. The fourth-order valence-corrected chi connectivity index (χ4v) is 2.98. The smallest absolute Gasteiger partial charge is 0.119 e. The SMILES string of the molecule is CCCCCCCCOc1ccc(C#Cc2ccc(-c3ccccn3)nc2)cc1. The number of pyridine rings is 2. The van der Waals surface area contributed by atoms with Crippen LogP contribution in [0, 0.1) is 11.8 Å². The molecule has 0 bridgehead atoms. The summed E-state index contributed by atoms with van der Waals surface area (Å²) in [5.74, 6) is 7.25. The van der Waals surface area contributed by atoms with E-state index >= 15 is 0 Å². The zero-order valence-corrected chi connectivity index (χ0v) is 17.1. The molecule has 0 spiro atoms. The lowest BCUT2D eigenvalue weighted by Gasteiger charge is -2.06. The van der Waals surface area contributed by atoms with Gasteiger partial charge in [0.15, 0.2) is 0 Å². The van der Waals surface area contributed by atoms with E-state index in [-0.39, 0.29) is 0 Å². The van der Waals surface area contributed by atoms with Crippen LogP contribution in [0.25, 0.3) is 11.4 Å². The average Bonchev–Trinajstić information content (AvgIpc) is 2.79. The van der Waals surface area contributed by atoms with Gasteiger partial charge in [-0.25, -0.2) is 0 Å². The Morgan fingerprint density at radius 1 is 0.724 bits per heavy atom. The molecule has 0 unspecified atom stereocenters. The Balaban J connectivity index is 1.47. The molecule has 3 rings (SSSR count). The van der Waals surface area contributed by atoms with Gasteiger partial charge in [0.1, 0.15) is 5.75 Å². The fraction of sp³-hybridized carbons (Fsp3) is 0.308. The number of hydrogen-bond donors (Lipinski definition) is 0. The van der Waals surface area contributed by atoms with E-state index in [1.807, 2.05) is 54.6 Å². The van der Waals surface area contributed by atoms with Crippen molar-refractivity contribution < 1.29 is 4.74 Å². The first-order chi connectivity index (χ1) is 14.3. The van der Waals surface area contributed by atoms with Crippen LogP contribution in [-0.4, -0.2) is 16.6 Å². The van der Waals surface area contributed by atoms with Crippen LogP contribution in [0.2, 0.25) is 0 Å². The van der Waals surface area contributed by atoms with Gasteiger partial charge in [-0.3, -0.25) is 9.97 Å². The summed E-state index contributed by atoms with van der Waals surface area (Å²) >= 11 is 0. The molecular weight excluding hydrogens is 356 g/mol. The molecule has 2 aromatic heterocycles. The Labute approximate surface area is 174 Å². The number of nitrogens with zero attached hydrogens (tertiary/aromatic N) is 2. The molecule has 1 aromatic carbocycles. The van der Waals surface area contributed by atoms with Gasteiger partial charge in [-0.1, -0.05) is 56.9 Å². The second-order valence-corrected chi connectivity index (χ2v) is 7.04. The molecule has 29 heavy (non-hydrogen) atoms. The Bertz CT molecular complexity index is 907. The van der Waals surface area contributed by atoms with E-state index in [0.717, 1.165) is 41.3 Å². The van der Waals surface area contributed by atoms with Gasteiger partial charge in [0.25, 0.3) is 0 Å². The first-order valence-electron chi connectivity index (χ1n) is 10.5. The van der Waals surface area contributed by atoms with Crippen molar-refractivity contribution in [2.45, 2.75) is 45.4 Å². The molecule has 0 fully saturated rings. The van der Waals surface area contributed by atoms with E-state index in [0.29, 0.717) is 0 Å². The maximum Gasteiger partial charge on any atom is 0.119 e. The van der Waals surface area contributed by atoms with Gasteiger partial charge in [-0.2, -0.15) is 0 Å². The topological polar surface area (TPSA) is 35.0 Å². The highest BCUT2D eigenvalue weighted by atomic mass is 16.5. The molecule has 0 saturated heterocycles. The number of benzene rings is 1. The van der Waals surface area contributed by atoms with Crippen LogP contribution < -0.4 is 4.74 Å². The maximum absolute atomic E-state index is 5.82. The van der Waals surface area contributed by atoms with Crippen molar-refractivity contribution in [2.75, 3.05) is 6.61 Å². The van der Waals surface area contributed by atoms with Gasteiger partial charge in [-0.15, -0.1) is 0 Å². The average molecular weight is 385 g/mol. The predicted octanol–water partition coefficient (Wildman–Crippen LogP) is 6.28. The van der Waals surface area contributed by atoms with Crippen LogP contribution in [0.15, 0.2) is 67.0 Å². The second kappa shape index (κ2) is 11.7. The van der Waals surface area contributed by atoms with Gasteiger partial charge < -0.3 is 4.74 Å². The van der Waals surface area contributed by atoms with Crippen LogP contribution in [0.5, 0.6) is 5.75 Å². The number of unbranched alkanes of at least 4 members (excludes halogenated alkanes) is 5. The van der Waals surface area contributed by atoms with Crippen LogP contribution in [-0.2, 0) is 0 Å². The molecule has 0 atom stereocenters. The first-order valence-corrected chi connectivity index (χ1v) is 10.5. The summed E-state index contributed by atoms with van der Waals surface area (Å²) in [6.45, 7) is 3.03. The summed E-state index contributed by atoms with van der Waals surface area (Å²) in [5.41, 5.74) is 3.56. The zero-order chi connectivity index (χ0) is 20.2. The molecule has 0 amide bonds. The summed E-state index contributed by atoms with van der Waals surface area (Å²) in [5, 5.41) is 0. The quantitative estimate of drug-likeness (QED) is 0.321. The molecule has 0 N–H and O–H groups in total. The number of rotatable bonds is 9. The molecule has 3 heteroatoms. The highest BCUT2D eigenvalue weighted by molar-refractivity contribution is 5.55. The first kappa shape index (κ1) is 20.6. The van der Waals surface area contributed by atoms with E-state index in [9.17, 15) is 0 Å². The third-order valence-electron chi connectivity index (χ3n) is 4.66. The van der Waals surface area contributed by atoms with Crippen LogP contribution in [0.1, 0.15) is 56.6 Å². The highest BCUT2D eigenvalue weighted by Crippen LogP contribution is 2.15. The van der Waals surface area contributed by atoms with Crippen molar-refractivity contribution in [3.8, 4) is 29.0 Å². The molecule has 0 radical (unpaired) electrons. The van der Waals surface area contributed by atoms with Crippen LogP contribution in [0.4, 0.5) is 0 Å². The molecule has 0 aliphatic rings. The predicted molar refractivity (Wildman–Crippen MR) is 119 cm³/mol. The van der Waals surface area contributed by atoms with Crippen molar-refractivity contribution in [2.24, 2.45) is 0 Å². The molecule has 0 saturated carbocycles. The minimum Gasteiger partial charge on any atom is -0.494 e. The van der Waals surface area contributed by atoms with E-state index in [2.05, 4.69) is 28.7 Å². The third kappa shape index (κ3) is 7.08. The molecular formula is C26H28N2O. The van der Waals surface area contributed by atoms with Crippen LogP contribution in [0.3, 0.4) is 0 Å². The van der Waals surface area contributed by atoms with Gasteiger partial charge in [0, 0.05) is 23.5 Å². The van der Waals surface area contributed by atoms with Crippen molar-refractivity contribution in [1.82, 2.24) is 9.97 Å². The molecule has 0 aliphatic heterocycles. The van der Waals surface area contributed by atoms with Gasteiger partial charge >= 0.3 is 0 Å². The molecule has 148 valence electrons. The fourth-order valence-electron chi connectivity index (χ4n) is 2.98. The van der Waals surface area contributed by atoms with Crippen molar-refractivity contribution in [3.63, 3.8) is 0 Å². The lowest BCUT2D eigenvalue weighted by Crippen LogP contribution is -1.97. The van der Waals surface area contributed by atoms with Gasteiger partial charge in [-0.05, 0) is 55.0 Å². The Kier molecular flexibility index (Phi) is 8.29. The summed E-state index contributed by atoms with van der Waals surface area (Å²) < 4.78 is 5.82. The van der Waals surface area contributed by atoms with Crippen LogP contribution >= 0.6 is 0 Å². The summed E-state index contributed by atoms with van der Waals surface area (Å²) in [4.78, 5) is 8.77. The number of hydrogen-bond acceptors (Lipinski definition) is 3. The molecule has 2 heterocycles. The van der Waals surface area contributed by atoms with Crippen molar-refractivity contribution in [1.29, 1.82) is 0 Å². The van der Waals surface area contributed by atoms with Crippen molar-refractivity contribution in [3.05, 3.63) is 78.1 Å². The Morgan fingerprint density at radius 2 is 1.45 bits per heavy atom. The highest BCUT2D eigenvalue weighted by Gasteiger charge is 1.99. The normalized spacial score (nSPS) is 10.2. The van der Waals surface area contributed by atoms with E-state index in [1.54, 1.807) is 12.4 Å². The summed E-state index contributed by atoms with van der Waals surface area (Å²) in [7, 11) is 0. The summed E-state index contributed by atoms with van der Waals surface area (Å²) in [6.07, 6.45) is 11.2. The Hall–Kier alpha value is -3.12. The minimum absolute atomic E-state index is 0.783. The van der Waals surface area contributed by atoms with E-state index < -0.39 is 0 Å². The van der Waals surface area contributed by atoms with Crippen molar-refractivity contribution >= 4 is 0 Å². The summed E-state index contributed by atoms with van der Waals surface area (Å²) in [6, 6.07) is 17.7. The van der Waals surface area contributed by atoms with Gasteiger partial charge in [0.2, 0.25) is 0 Å². The van der Waals surface area contributed by atoms with E-state index in [1.165, 1.54) is 32.1 Å². The molecule has 3 nitrogen and oxygen atoms in total. The lowest BCUT2D eigenvalue weighted by molar-refractivity contribution is 0.304. The zero-order valence-electron chi connectivity index (χ0n) is 17.1. The third-order valence-corrected chi connectivity index (χ3v) is 4.66. The minimum atomic E-state index is 0.783. The standard InChI is InChI=1S/C26H28N2O/c1-2-3-4-5-6-9-20-29-24-16-13-22(14-17-24)11-12-23-15-18-26(28-21-23)25-10-7-8-19-27-25/h7-8,10,13-19,21H,2-6,9,20H2,1H3. The monoisotopic (exact) mass is 384 g/mol.